The maximum Gasteiger partial charge on any atom is 0.272 e. The van der Waals surface area contributed by atoms with Gasteiger partial charge in [-0.25, -0.2) is 4.39 Å². The number of aromatic amines is 1. The number of piperazine rings is 1. The predicted molar refractivity (Wildman–Crippen MR) is 114 cm³/mol. The molecule has 1 aliphatic heterocycles. The lowest BCUT2D eigenvalue weighted by Crippen LogP contribution is -2.51. The van der Waals surface area contributed by atoms with Gasteiger partial charge in [0, 0.05) is 35.9 Å². The molecule has 2 aliphatic rings. The van der Waals surface area contributed by atoms with Crippen LogP contribution in [0.3, 0.4) is 0 Å². The van der Waals surface area contributed by atoms with Gasteiger partial charge in [0.15, 0.2) is 0 Å². The number of aromatic nitrogens is 1. The monoisotopic (exact) mass is 406 g/mol. The van der Waals surface area contributed by atoms with E-state index in [1.165, 1.54) is 12.1 Å². The zero-order chi connectivity index (χ0) is 20.8. The second-order valence-electron chi connectivity index (χ2n) is 8.08. The summed E-state index contributed by atoms with van der Waals surface area (Å²) in [5.74, 6) is -0.534. The molecular formula is C23H23FN4O2. The number of rotatable bonds is 4. The third-order valence-corrected chi connectivity index (χ3v) is 5.91. The van der Waals surface area contributed by atoms with Crippen LogP contribution >= 0.6 is 0 Å². The van der Waals surface area contributed by atoms with Crippen LogP contribution in [0.4, 0.5) is 15.8 Å². The number of benzene rings is 2. The molecule has 7 heteroatoms. The number of hydrogen-bond donors (Lipinski definition) is 2. The number of amides is 2. The molecule has 30 heavy (non-hydrogen) atoms. The molecule has 0 radical (unpaired) electrons. The van der Waals surface area contributed by atoms with E-state index in [1.54, 1.807) is 12.1 Å². The molecule has 0 atom stereocenters. The molecule has 6 nitrogen and oxygen atoms in total. The number of carbonyl (C=O) groups is 2. The Morgan fingerprint density at radius 1 is 1.17 bits per heavy atom. The number of nitrogens with zero attached hydrogens (tertiary/aromatic N) is 2. The quantitative estimate of drug-likeness (QED) is 0.695. The van der Waals surface area contributed by atoms with Gasteiger partial charge in [0.25, 0.3) is 5.91 Å². The lowest BCUT2D eigenvalue weighted by Gasteiger charge is -2.36. The summed E-state index contributed by atoms with van der Waals surface area (Å²) in [6.45, 7) is 3.74. The van der Waals surface area contributed by atoms with Gasteiger partial charge in [0.05, 0.1) is 12.1 Å². The predicted octanol–water partition coefficient (Wildman–Crippen LogP) is 3.68. The summed E-state index contributed by atoms with van der Waals surface area (Å²) in [4.78, 5) is 32.2. The molecule has 1 aliphatic carbocycles. The molecule has 1 saturated heterocycles. The Labute approximate surface area is 173 Å². The SMILES string of the molecule is Cc1ccc(F)c2cc(C(=O)Nc3cccc(N4CCN(C5CC5)C(=O)C4)c3)[nH]c12. The van der Waals surface area contributed by atoms with Crippen LogP contribution in [-0.2, 0) is 4.79 Å². The topological polar surface area (TPSA) is 68.4 Å². The molecule has 154 valence electrons. The summed E-state index contributed by atoms with van der Waals surface area (Å²) in [6, 6.07) is 12.5. The van der Waals surface area contributed by atoms with Crippen LogP contribution in [-0.4, -0.2) is 47.4 Å². The third-order valence-electron chi connectivity index (χ3n) is 5.91. The Hall–Kier alpha value is -3.35. The summed E-state index contributed by atoms with van der Waals surface area (Å²) in [6.07, 6.45) is 2.23. The van der Waals surface area contributed by atoms with Gasteiger partial charge in [-0.05, 0) is 55.7 Å². The van der Waals surface area contributed by atoms with E-state index in [2.05, 4.69) is 10.3 Å². The van der Waals surface area contributed by atoms with Crippen LogP contribution in [0.5, 0.6) is 0 Å². The summed E-state index contributed by atoms with van der Waals surface area (Å²) >= 11 is 0. The fourth-order valence-corrected chi connectivity index (χ4v) is 4.11. The van der Waals surface area contributed by atoms with E-state index < -0.39 is 0 Å². The molecule has 2 heterocycles. The van der Waals surface area contributed by atoms with E-state index in [9.17, 15) is 14.0 Å². The molecule has 0 unspecified atom stereocenters. The highest BCUT2D eigenvalue weighted by atomic mass is 19.1. The van der Waals surface area contributed by atoms with Crippen LogP contribution in [0.1, 0.15) is 28.9 Å². The maximum absolute atomic E-state index is 14.1. The van der Waals surface area contributed by atoms with Gasteiger partial charge in [-0.1, -0.05) is 12.1 Å². The first-order valence-electron chi connectivity index (χ1n) is 10.2. The zero-order valence-electron chi connectivity index (χ0n) is 16.7. The van der Waals surface area contributed by atoms with E-state index in [1.807, 2.05) is 34.9 Å². The van der Waals surface area contributed by atoms with Gasteiger partial charge < -0.3 is 20.1 Å². The third kappa shape index (κ3) is 3.40. The Morgan fingerprint density at radius 2 is 2.00 bits per heavy atom. The zero-order valence-corrected chi connectivity index (χ0v) is 16.7. The van der Waals surface area contributed by atoms with Gasteiger partial charge in [0.2, 0.25) is 5.91 Å². The van der Waals surface area contributed by atoms with E-state index in [-0.39, 0.29) is 17.6 Å². The van der Waals surface area contributed by atoms with Crippen molar-refractivity contribution >= 4 is 34.1 Å². The van der Waals surface area contributed by atoms with Gasteiger partial charge >= 0.3 is 0 Å². The standard InChI is InChI=1S/C23H23FN4O2/c1-14-5-8-19(24)18-12-20(26-22(14)18)23(30)25-15-3-2-4-17(11-15)27-9-10-28(16-6-7-16)21(29)13-27/h2-5,8,11-12,16,26H,6-7,9-10,13H2,1H3,(H,25,30). The molecule has 2 N–H and O–H groups in total. The Kier molecular flexibility index (Phi) is 4.46. The van der Waals surface area contributed by atoms with E-state index in [4.69, 9.17) is 0 Å². The molecular weight excluding hydrogens is 383 g/mol. The van der Waals surface area contributed by atoms with Gasteiger partial charge in [-0.3, -0.25) is 9.59 Å². The van der Waals surface area contributed by atoms with Crippen molar-refractivity contribution in [2.75, 3.05) is 29.9 Å². The summed E-state index contributed by atoms with van der Waals surface area (Å²) < 4.78 is 14.1. The molecule has 2 fully saturated rings. The Morgan fingerprint density at radius 3 is 2.73 bits per heavy atom. The van der Waals surface area contributed by atoms with Crippen molar-refractivity contribution in [2.24, 2.45) is 0 Å². The van der Waals surface area contributed by atoms with Gasteiger partial charge in [0.1, 0.15) is 11.5 Å². The highest BCUT2D eigenvalue weighted by Crippen LogP contribution is 2.30. The average Bonchev–Trinajstić information content (AvgIpc) is 3.47. The minimum Gasteiger partial charge on any atom is -0.360 e. The number of anilines is 2. The molecule has 3 aromatic rings. The first kappa shape index (κ1) is 18.7. The normalized spacial score (nSPS) is 16.9. The highest BCUT2D eigenvalue weighted by molar-refractivity contribution is 6.06. The largest absolute Gasteiger partial charge is 0.360 e. The lowest BCUT2D eigenvalue weighted by atomic mass is 10.1. The minimum atomic E-state index is -0.358. The van der Waals surface area contributed by atoms with Crippen LogP contribution in [0.15, 0.2) is 42.5 Å². The van der Waals surface area contributed by atoms with E-state index in [0.29, 0.717) is 34.9 Å². The second kappa shape index (κ2) is 7.16. The average molecular weight is 406 g/mol. The first-order valence-corrected chi connectivity index (χ1v) is 10.2. The van der Waals surface area contributed by atoms with Crippen molar-refractivity contribution < 1.29 is 14.0 Å². The first-order chi connectivity index (χ1) is 14.5. The van der Waals surface area contributed by atoms with Crippen LogP contribution in [0.25, 0.3) is 10.9 Å². The molecule has 0 spiro atoms. The second-order valence-corrected chi connectivity index (χ2v) is 8.08. The number of nitrogens with one attached hydrogen (secondary N) is 2. The summed E-state index contributed by atoms with van der Waals surface area (Å²) in [5, 5.41) is 3.27. The fraction of sp³-hybridized carbons (Fsp3) is 0.304. The number of fused-ring (bicyclic) bond motifs is 1. The van der Waals surface area contributed by atoms with Crippen molar-refractivity contribution in [2.45, 2.75) is 25.8 Å². The molecule has 2 amide bonds. The number of H-pyrrole nitrogens is 1. The Balaban J connectivity index is 1.32. The van der Waals surface area contributed by atoms with Crippen molar-refractivity contribution in [3.8, 4) is 0 Å². The van der Waals surface area contributed by atoms with E-state index in [0.717, 1.165) is 37.2 Å². The van der Waals surface area contributed by atoms with Crippen molar-refractivity contribution in [1.82, 2.24) is 9.88 Å². The van der Waals surface area contributed by atoms with Crippen molar-refractivity contribution in [1.29, 1.82) is 0 Å². The van der Waals surface area contributed by atoms with Crippen molar-refractivity contribution in [3.05, 3.63) is 59.5 Å². The van der Waals surface area contributed by atoms with Crippen LogP contribution in [0, 0.1) is 12.7 Å². The maximum atomic E-state index is 14.1. The summed E-state index contributed by atoms with van der Waals surface area (Å²) in [5.41, 5.74) is 3.33. The Bertz CT molecular complexity index is 1110. The van der Waals surface area contributed by atoms with Crippen LogP contribution in [0.2, 0.25) is 0 Å². The van der Waals surface area contributed by atoms with Gasteiger partial charge in [-0.15, -0.1) is 0 Å². The molecule has 2 aromatic carbocycles. The lowest BCUT2D eigenvalue weighted by molar-refractivity contribution is -0.131. The highest BCUT2D eigenvalue weighted by Gasteiger charge is 2.35. The van der Waals surface area contributed by atoms with Gasteiger partial charge in [-0.2, -0.15) is 0 Å². The van der Waals surface area contributed by atoms with E-state index >= 15 is 0 Å². The molecule has 1 saturated carbocycles. The fourth-order valence-electron chi connectivity index (χ4n) is 4.11. The number of hydrogen-bond acceptors (Lipinski definition) is 3. The number of aryl methyl sites for hydroxylation is 1. The van der Waals surface area contributed by atoms with Crippen LogP contribution < -0.4 is 10.2 Å². The minimum absolute atomic E-state index is 0.161. The molecule has 5 rings (SSSR count). The summed E-state index contributed by atoms with van der Waals surface area (Å²) in [7, 11) is 0. The molecule has 0 bridgehead atoms. The molecule has 1 aromatic heterocycles. The smallest absolute Gasteiger partial charge is 0.272 e. The van der Waals surface area contributed by atoms with Crippen molar-refractivity contribution in [3.63, 3.8) is 0 Å². The number of carbonyl (C=O) groups excluding carboxylic acids is 2. The number of halogens is 1.